The number of ether oxygens (including phenoxy) is 2. The van der Waals surface area contributed by atoms with Gasteiger partial charge in [0.25, 0.3) is 0 Å². The highest BCUT2D eigenvalue weighted by Gasteiger charge is 2.28. The second-order valence-corrected chi connectivity index (χ2v) is 13.5. The number of esters is 2. The van der Waals surface area contributed by atoms with Gasteiger partial charge in [-0.25, -0.2) is 4.57 Å². The van der Waals surface area contributed by atoms with E-state index in [0.29, 0.717) is 12.8 Å². The topological polar surface area (TPSA) is 172 Å². The van der Waals surface area contributed by atoms with Gasteiger partial charge in [-0.2, -0.15) is 0 Å². The van der Waals surface area contributed by atoms with Gasteiger partial charge in [0.15, 0.2) is 6.10 Å². The van der Waals surface area contributed by atoms with Crippen LogP contribution in [0.25, 0.3) is 0 Å². The highest BCUT2D eigenvalue weighted by Crippen LogP contribution is 2.43. The number of carboxylic acids is 1. The Hall–Kier alpha value is -2.04. The number of carbonyl (C=O) groups is 3. The molecule has 274 valence electrons. The van der Waals surface area contributed by atoms with E-state index < -0.39 is 51.1 Å². The molecule has 0 rings (SSSR count). The maximum atomic E-state index is 12.5. The molecule has 0 saturated carbocycles. The van der Waals surface area contributed by atoms with Crippen LogP contribution in [0.15, 0.2) is 24.3 Å². The number of phosphoric acid groups is 1. The lowest BCUT2D eigenvalue weighted by Gasteiger charge is -2.20. The Labute approximate surface area is 283 Å². The fourth-order valence-corrected chi connectivity index (χ4v) is 5.33. The summed E-state index contributed by atoms with van der Waals surface area (Å²) in [4.78, 5) is 45.5. The van der Waals surface area contributed by atoms with Gasteiger partial charge in [-0.3, -0.25) is 23.4 Å². The molecule has 0 aliphatic heterocycles. The van der Waals surface area contributed by atoms with Gasteiger partial charge in [0.1, 0.15) is 12.6 Å². The summed E-state index contributed by atoms with van der Waals surface area (Å²) in [6, 6.07) is -1.52. The second kappa shape index (κ2) is 31.2. The Morgan fingerprint density at radius 3 is 1.72 bits per heavy atom. The summed E-state index contributed by atoms with van der Waals surface area (Å²) in [6.45, 7) is 2.69. The smallest absolute Gasteiger partial charge is 0.472 e. The molecule has 0 saturated heterocycles. The van der Waals surface area contributed by atoms with Crippen molar-refractivity contribution in [2.45, 2.75) is 161 Å². The standard InChI is InChI=1S/C35H64NO10P/c1-3-5-7-9-11-13-14-15-16-17-19-20-22-24-26-33(37)43-28-31(29-44-47(41,42)45-30-32(36)35(39)40)46-34(38)27-25-23-21-18-12-10-8-6-4-2/h9,11,14-15,31-32H,3-8,10,12-13,16-30,36H2,1-2H3,(H,39,40)(H,41,42)/b11-9+,15-14+/t31-,32+/m0/s1. The molecule has 0 spiro atoms. The largest absolute Gasteiger partial charge is 0.480 e. The summed E-state index contributed by atoms with van der Waals surface area (Å²) in [6.07, 6.45) is 28.3. The molecule has 47 heavy (non-hydrogen) atoms. The quantitative estimate of drug-likeness (QED) is 0.0262. The molecule has 0 aliphatic rings. The zero-order valence-corrected chi connectivity index (χ0v) is 30.0. The van der Waals surface area contributed by atoms with E-state index in [4.69, 9.17) is 24.8 Å². The maximum Gasteiger partial charge on any atom is 0.472 e. The van der Waals surface area contributed by atoms with Gasteiger partial charge >= 0.3 is 25.7 Å². The third kappa shape index (κ3) is 31.0. The molecular weight excluding hydrogens is 625 g/mol. The molecule has 0 aromatic heterocycles. The summed E-state index contributed by atoms with van der Waals surface area (Å²) in [5.41, 5.74) is 5.30. The normalized spacial score (nSPS) is 14.3. The highest BCUT2D eigenvalue weighted by atomic mass is 31.2. The van der Waals surface area contributed by atoms with E-state index >= 15 is 0 Å². The number of nitrogens with two attached hydrogens (primary N) is 1. The minimum absolute atomic E-state index is 0.160. The van der Waals surface area contributed by atoms with Crippen LogP contribution in [0.3, 0.4) is 0 Å². The van der Waals surface area contributed by atoms with Gasteiger partial charge in [0, 0.05) is 12.8 Å². The average Bonchev–Trinajstić information content (AvgIpc) is 3.04. The SMILES string of the molecule is CCCC/C=C/C/C=C/CCCCCCCC(=O)OC[C@@H](COP(=O)(O)OC[C@@H](N)C(=O)O)OC(=O)CCCCCCCCCCC. The molecule has 0 aromatic carbocycles. The van der Waals surface area contributed by atoms with E-state index in [0.717, 1.165) is 64.2 Å². The van der Waals surface area contributed by atoms with Crippen LogP contribution < -0.4 is 5.73 Å². The van der Waals surface area contributed by atoms with Crippen molar-refractivity contribution in [1.29, 1.82) is 0 Å². The molecule has 0 amide bonds. The van der Waals surface area contributed by atoms with Crippen LogP contribution in [0.2, 0.25) is 0 Å². The number of carboxylic acid groups (broad SMARTS) is 1. The minimum Gasteiger partial charge on any atom is -0.480 e. The summed E-state index contributed by atoms with van der Waals surface area (Å²) in [7, 11) is -4.70. The van der Waals surface area contributed by atoms with Crippen LogP contribution >= 0.6 is 7.82 Å². The molecular formula is C35H64NO10P. The average molecular weight is 690 g/mol. The molecule has 11 nitrogen and oxygen atoms in total. The van der Waals surface area contributed by atoms with Crippen LogP contribution in [0, 0.1) is 0 Å². The van der Waals surface area contributed by atoms with Gasteiger partial charge in [-0.05, 0) is 38.5 Å². The first kappa shape index (κ1) is 45.0. The van der Waals surface area contributed by atoms with E-state index in [-0.39, 0.29) is 19.4 Å². The number of aliphatic carboxylic acids is 1. The zero-order valence-electron chi connectivity index (χ0n) is 29.1. The van der Waals surface area contributed by atoms with Crippen molar-refractivity contribution in [3.63, 3.8) is 0 Å². The number of carbonyl (C=O) groups excluding carboxylic acids is 2. The minimum atomic E-state index is -4.70. The summed E-state index contributed by atoms with van der Waals surface area (Å²) in [5.74, 6) is -2.40. The first-order valence-electron chi connectivity index (χ1n) is 17.9. The number of allylic oxidation sites excluding steroid dienone is 4. The van der Waals surface area contributed by atoms with Gasteiger partial charge in [-0.15, -0.1) is 0 Å². The number of rotatable bonds is 33. The third-order valence-corrected chi connectivity index (χ3v) is 8.40. The van der Waals surface area contributed by atoms with Crippen LogP contribution in [-0.4, -0.2) is 59.9 Å². The molecule has 12 heteroatoms. The Morgan fingerprint density at radius 1 is 0.660 bits per heavy atom. The Bertz CT molecular complexity index is 911. The summed E-state index contributed by atoms with van der Waals surface area (Å²) < 4.78 is 32.4. The molecule has 0 fully saturated rings. The Morgan fingerprint density at radius 2 is 1.15 bits per heavy atom. The zero-order chi connectivity index (χ0) is 35.0. The van der Waals surface area contributed by atoms with E-state index in [1.165, 1.54) is 44.9 Å². The van der Waals surface area contributed by atoms with E-state index in [1.807, 2.05) is 0 Å². The molecule has 1 unspecified atom stereocenters. The second-order valence-electron chi connectivity index (χ2n) is 12.0. The first-order chi connectivity index (χ1) is 22.6. The van der Waals surface area contributed by atoms with Crippen molar-refractivity contribution in [2.75, 3.05) is 19.8 Å². The Kier molecular flexibility index (Phi) is 29.9. The van der Waals surface area contributed by atoms with Gasteiger partial charge in [-0.1, -0.05) is 122 Å². The predicted octanol–water partition coefficient (Wildman–Crippen LogP) is 8.33. The number of hydrogen-bond acceptors (Lipinski definition) is 9. The van der Waals surface area contributed by atoms with Crippen molar-refractivity contribution in [3.05, 3.63) is 24.3 Å². The van der Waals surface area contributed by atoms with E-state index in [2.05, 4.69) is 42.7 Å². The number of phosphoric ester groups is 1. The Balaban J connectivity index is 4.47. The lowest BCUT2D eigenvalue weighted by atomic mass is 10.1. The first-order valence-corrected chi connectivity index (χ1v) is 19.4. The number of unbranched alkanes of at least 4 members (excludes halogenated alkanes) is 15. The van der Waals surface area contributed by atoms with Crippen LogP contribution in [0.4, 0.5) is 0 Å². The van der Waals surface area contributed by atoms with Crippen molar-refractivity contribution in [1.82, 2.24) is 0 Å². The van der Waals surface area contributed by atoms with Crippen LogP contribution in [0.5, 0.6) is 0 Å². The predicted molar refractivity (Wildman–Crippen MR) is 185 cm³/mol. The monoisotopic (exact) mass is 689 g/mol. The van der Waals surface area contributed by atoms with Crippen molar-refractivity contribution >= 4 is 25.7 Å². The van der Waals surface area contributed by atoms with Gasteiger partial charge in [0.2, 0.25) is 0 Å². The number of hydrogen-bond donors (Lipinski definition) is 3. The maximum absolute atomic E-state index is 12.5. The van der Waals surface area contributed by atoms with Crippen LogP contribution in [-0.2, 0) is 37.5 Å². The fraction of sp³-hybridized carbons (Fsp3) is 0.800. The lowest BCUT2D eigenvalue weighted by molar-refractivity contribution is -0.161. The molecule has 3 atom stereocenters. The van der Waals surface area contributed by atoms with E-state index in [9.17, 15) is 23.8 Å². The van der Waals surface area contributed by atoms with Crippen molar-refractivity contribution in [2.24, 2.45) is 5.73 Å². The molecule has 0 aliphatic carbocycles. The van der Waals surface area contributed by atoms with Crippen LogP contribution in [0.1, 0.15) is 149 Å². The molecule has 0 aromatic rings. The van der Waals surface area contributed by atoms with E-state index in [1.54, 1.807) is 0 Å². The van der Waals surface area contributed by atoms with Gasteiger partial charge < -0.3 is 25.2 Å². The third-order valence-electron chi connectivity index (χ3n) is 7.45. The van der Waals surface area contributed by atoms with Gasteiger partial charge in [0.05, 0.1) is 13.2 Å². The fourth-order valence-electron chi connectivity index (χ4n) is 4.55. The lowest BCUT2D eigenvalue weighted by Crippen LogP contribution is -2.34. The highest BCUT2D eigenvalue weighted by molar-refractivity contribution is 7.47. The molecule has 0 bridgehead atoms. The molecule has 0 heterocycles. The summed E-state index contributed by atoms with van der Waals surface area (Å²) in [5, 5.41) is 8.83. The molecule has 0 radical (unpaired) electrons. The van der Waals surface area contributed by atoms with Crippen molar-refractivity contribution in [3.8, 4) is 0 Å². The van der Waals surface area contributed by atoms with Crippen molar-refractivity contribution < 1.29 is 47.5 Å². The summed E-state index contributed by atoms with van der Waals surface area (Å²) >= 11 is 0. The molecule has 4 N–H and O–H groups in total.